The molecule has 1 N–H and O–H groups in total. The lowest BCUT2D eigenvalue weighted by Crippen LogP contribution is -2.06. The number of nitrogens with zero attached hydrogens (tertiary/aromatic N) is 4. The highest BCUT2D eigenvalue weighted by atomic mass is 19.1. The Hall–Kier alpha value is -2.60. The fourth-order valence-electron chi connectivity index (χ4n) is 1.92. The van der Waals surface area contributed by atoms with Crippen LogP contribution >= 0.6 is 0 Å². The summed E-state index contributed by atoms with van der Waals surface area (Å²) in [5.74, 6) is -0.105. The molecule has 0 radical (unpaired) electrons. The molecule has 6 heteroatoms. The van der Waals surface area contributed by atoms with E-state index in [2.05, 4.69) is 15.4 Å². The number of aliphatic hydroxyl groups is 1. The van der Waals surface area contributed by atoms with Crippen LogP contribution in [-0.2, 0) is 6.61 Å². The maximum absolute atomic E-state index is 13.9. The molecular formula is C14H11FN4O. The van der Waals surface area contributed by atoms with Gasteiger partial charge in [-0.05, 0) is 11.3 Å². The second kappa shape index (κ2) is 5.18. The first kappa shape index (κ1) is 12.4. The van der Waals surface area contributed by atoms with Gasteiger partial charge in [-0.1, -0.05) is 42.5 Å². The van der Waals surface area contributed by atoms with Gasteiger partial charge in [-0.25, -0.2) is 4.39 Å². The molecule has 5 nitrogen and oxygen atoms in total. The summed E-state index contributed by atoms with van der Waals surface area (Å²) in [5, 5.41) is 21.2. The van der Waals surface area contributed by atoms with E-state index < -0.39 is 5.82 Å². The van der Waals surface area contributed by atoms with Crippen molar-refractivity contribution in [1.29, 1.82) is 0 Å². The number of hydrogen-bond acceptors (Lipinski definition) is 4. The third-order valence-corrected chi connectivity index (χ3v) is 2.89. The summed E-state index contributed by atoms with van der Waals surface area (Å²) in [6, 6.07) is 13.7. The Labute approximate surface area is 114 Å². The van der Waals surface area contributed by atoms with Gasteiger partial charge in [-0.2, -0.15) is 0 Å². The molecule has 100 valence electrons. The van der Waals surface area contributed by atoms with Crippen LogP contribution in [0.4, 0.5) is 4.39 Å². The minimum Gasteiger partial charge on any atom is -0.392 e. The van der Waals surface area contributed by atoms with Gasteiger partial charge in [0.2, 0.25) is 5.82 Å². The van der Waals surface area contributed by atoms with E-state index in [0.29, 0.717) is 11.4 Å². The summed E-state index contributed by atoms with van der Waals surface area (Å²) in [5.41, 5.74) is 1.31. The Bertz CT molecular complexity index is 727. The van der Waals surface area contributed by atoms with E-state index in [1.807, 2.05) is 30.3 Å². The molecule has 0 amide bonds. The highest BCUT2D eigenvalue weighted by Crippen LogP contribution is 2.19. The number of tetrazole rings is 1. The minimum absolute atomic E-state index is 0.115. The number of para-hydroxylation sites is 1. The smallest absolute Gasteiger partial charge is 0.205 e. The molecule has 1 aromatic heterocycles. The first-order chi connectivity index (χ1) is 9.79. The Morgan fingerprint density at radius 3 is 2.60 bits per heavy atom. The van der Waals surface area contributed by atoms with Gasteiger partial charge in [-0.3, -0.25) is 0 Å². The lowest BCUT2D eigenvalue weighted by atomic mass is 10.2. The number of benzene rings is 2. The van der Waals surface area contributed by atoms with Crippen LogP contribution in [0, 0.1) is 5.82 Å². The van der Waals surface area contributed by atoms with Gasteiger partial charge in [0.1, 0.15) is 5.69 Å². The largest absolute Gasteiger partial charge is 0.392 e. The van der Waals surface area contributed by atoms with Crippen LogP contribution in [-0.4, -0.2) is 25.3 Å². The molecule has 0 atom stereocenters. The van der Waals surface area contributed by atoms with Crippen LogP contribution in [0.3, 0.4) is 0 Å². The van der Waals surface area contributed by atoms with Gasteiger partial charge in [0.25, 0.3) is 0 Å². The zero-order chi connectivity index (χ0) is 13.9. The van der Waals surface area contributed by atoms with Crippen LogP contribution in [0.25, 0.3) is 17.1 Å². The van der Waals surface area contributed by atoms with Gasteiger partial charge in [0.15, 0.2) is 5.82 Å². The number of rotatable bonds is 3. The zero-order valence-corrected chi connectivity index (χ0v) is 10.4. The van der Waals surface area contributed by atoms with Crippen molar-refractivity contribution in [3.8, 4) is 17.1 Å². The van der Waals surface area contributed by atoms with Gasteiger partial charge < -0.3 is 5.11 Å². The Kier molecular flexibility index (Phi) is 3.22. The molecule has 0 aliphatic carbocycles. The first-order valence-electron chi connectivity index (χ1n) is 6.03. The van der Waals surface area contributed by atoms with Crippen molar-refractivity contribution in [3.05, 3.63) is 59.9 Å². The Morgan fingerprint density at radius 1 is 1.05 bits per heavy atom. The predicted molar refractivity (Wildman–Crippen MR) is 70.5 cm³/mol. The van der Waals surface area contributed by atoms with Crippen molar-refractivity contribution in [2.75, 3.05) is 0 Å². The van der Waals surface area contributed by atoms with Crippen LogP contribution in [0.15, 0.2) is 48.5 Å². The fraction of sp³-hybridized carbons (Fsp3) is 0.0714. The molecule has 2 aromatic carbocycles. The number of aliphatic hydroxyl groups excluding tert-OH is 1. The number of halogens is 1. The Morgan fingerprint density at radius 2 is 1.85 bits per heavy atom. The SMILES string of the molecule is OCc1cccc(F)c1-n1nnc(-c2ccccc2)n1. The molecule has 0 bridgehead atoms. The van der Waals surface area contributed by atoms with Crippen molar-refractivity contribution in [2.24, 2.45) is 0 Å². The highest BCUT2D eigenvalue weighted by molar-refractivity contribution is 5.53. The molecule has 0 saturated carbocycles. The van der Waals surface area contributed by atoms with Crippen molar-refractivity contribution in [1.82, 2.24) is 20.2 Å². The fourth-order valence-corrected chi connectivity index (χ4v) is 1.92. The van der Waals surface area contributed by atoms with Crippen molar-refractivity contribution in [3.63, 3.8) is 0 Å². The van der Waals surface area contributed by atoms with E-state index in [0.717, 1.165) is 10.4 Å². The molecule has 0 fully saturated rings. The first-order valence-corrected chi connectivity index (χ1v) is 6.03. The quantitative estimate of drug-likeness (QED) is 0.790. The Balaban J connectivity index is 2.07. The summed E-state index contributed by atoms with van der Waals surface area (Å²) in [6.07, 6.45) is 0. The number of hydrogen-bond donors (Lipinski definition) is 1. The van der Waals surface area contributed by atoms with Crippen molar-refractivity contribution < 1.29 is 9.50 Å². The lowest BCUT2D eigenvalue weighted by molar-refractivity contribution is 0.280. The molecular weight excluding hydrogens is 259 g/mol. The summed E-state index contributed by atoms with van der Waals surface area (Å²) in [6.45, 7) is -0.296. The summed E-state index contributed by atoms with van der Waals surface area (Å²) < 4.78 is 13.9. The summed E-state index contributed by atoms with van der Waals surface area (Å²) >= 11 is 0. The molecule has 1 heterocycles. The van der Waals surface area contributed by atoms with Crippen molar-refractivity contribution in [2.45, 2.75) is 6.61 Å². The number of aromatic nitrogens is 4. The standard InChI is InChI=1S/C14H11FN4O/c15-12-8-4-7-11(9-20)13(12)19-17-14(16-18-19)10-5-2-1-3-6-10/h1-8,20H,9H2. The van der Waals surface area contributed by atoms with Crippen LogP contribution < -0.4 is 0 Å². The summed E-state index contributed by atoms with van der Waals surface area (Å²) in [7, 11) is 0. The van der Waals surface area contributed by atoms with E-state index >= 15 is 0 Å². The maximum Gasteiger partial charge on any atom is 0.205 e. The molecule has 0 spiro atoms. The second-order valence-electron chi connectivity index (χ2n) is 4.17. The van der Waals surface area contributed by atoms with Crippen LogP contribution in [0.1, 0.15) is 5.56 Å². The predicted octanol–water partition coefficient (Wildman–Crippen LogP) is 1.96. The van der Waals surface area contributed by atoms with E-state index in [1.165, 1.54) is 12.1 Å². The summed E-state index contributed by atoms with van der Waals surface area (Å²) in [4.78, 5) is 1.10. The molecule has 0 saturated heterocycles. The third kappa shape index (κ3) is 2.17. The molecule has 0 aliphatic rings. The van der Waals surface area contributed by atoms with E-state index in [9.17, 15) is 9.50 Å². The monoisotopic (exact) mass is 270 g/mol. The maximum atomic E-state index is 13.9. The topological polar surface area (TPSA) is 63.8 Å². The average Bonchev–Trinajstić information content (AvgIpc) is 2.97. The average molecular weight is 270 g/mol. The normalized spacial score (nSPS) is 10.7. The van der Waals surface area contributed by atoms with Crippen molar-refractivity contribution >= 4 is 0 Å². The van der Waals surface area contributed by atoms with Gasteiger partial charge >= 0.3 is 0 Å². The van der Waals surface area contributed by atoms with E-state index in [4.69, 9.17) is 0 Å². The minimum atomic E-state index is -0.506. The van der Waals surface area contributed by atoms with E-state index in [1.54, 1.807) is 6.07 Å². The lowest BCUT2D eigenvalue weighted by Gasteiger charge is -2.05. The second-order valence-corrected chi connectivity index (χ2v) is 4.17. The molecule has 3 aromatic rings. The highest BCUT2D eigenvalue weighted by Gasteiger charge is 2.14. The van der Waals surface area contributed by atoms with Gasteiger partial charge in [0, 0.05) is 11.1 Å². The molecule has 20 heavy (non-hydrogen) atoms. The van der Waals surface area contributed by atoms with Crippen LogP contribution in [0.2, 0.25) is 0 Å². The van der Waals surface area contributed by atoms with Crippen LogP contribution in [0.5, 0.6) is 0 Å². The van der Waals surface area contributed by atoms with Gasteiger partial charge in [0.05, 0.1) is 6.61 Å². The molecule has 3 rings (SSSR count). The third-order valence-electron chi connectivity index (χ3n) is 2.89. The van der Waals surface area contributed by atoms with E-state index in [-0.39, 0.29) is 12.3 Å². The molecule has 0 unspecified atom stereocenters. The van der Waals surface area contributed by atoms with Gasteiger partial charge in [-0.15, -0.1) is 15.0 Å². The molecule has 0 aliphatic heterocycles. The zero-order valence-electron chi connectivity index (χ0n) is 10.4.